The molecule has 0 amide bonds. The topological polar surface area (TPSA) is 18.5 Å². The molecule has 0 heterocycles. The van der Waals surface area contributed by atoms with Crippen LogP contribution in [0.3, 0.4) is 0 Å². The second-order valence-electron chi connectivity index (χ2n) is 5.57. The van der Waals surface area contributed by atoms with Crippen molar-refractivity contribution in [3.63, 3.8) is 0 Å². The molecule has 2 heteroatoms. The van der Waals surface area contributed by atoms with Crippen LogP contribution >= 0.6 is 0 Å². The van der Waals surface area contributed by atoms with Gasteiger partial charge in [0.2, 0.25) is 0 Å². The molecule has 0 saturated carbocycles. The van der Waals surface area contributed by atoms with Crippen LogP contribution in [0.2, 0.25) is 0 Å². The van der Waals surface area contributed by atoms with Gasteiger partial charge in [-0.25, -0.2) is 9.78 Å². The molecule has 2 nitrogen and oxygen atoms in total. The van der Waals surface area contributed by atoms with Crippen LogP contribution < -0.4 is 0 Å². The highest BCUT2D eigenvalue weighted by Gasteiger charge is 2.27. The summed E-state index contributed by atoms with van der Waals surface area (Å²) in [6.45, 7) is 14.4. The lowest BCUT2D eigenvalue weighted by atomic mass is 9.84. The van der Waals surface area contributed by atoms with Crippen molar-refractivity contribution < 1.29 is 9.78 Å². The van der Waals surface area contributed by atoms with Crippen LogP contribution in [0.25, 0.3) is 0 Å². The highest BCUT2D eigenvalue weighted by Crippen LogP contribution is 2.30. The quantitative estimate of drug-likeness (QED) is 0.493. The van der Waals surface area contributed by atoms with Gasteiger partial charge in [-0.05, 0) is 39.5 Å². The Balaban J connectivity index is 3.94. The molecule has 0 aliphatic heterocycles. The zero-order valence-electron chi connectivity index (χ0n) is 10.0. The van der Waals surface area contributed by atoms with Crippen molar-refractivity contribution in [3.8, 4) is 0 Å². The molecular weight excluding hydrogens is 164 g/mol. The predicted molar refractivity (Wildman–Crippen MR) is 54.9 cm³/mol. The first-order chi connectivity index (χ1) is 5.62. The fraction of sp³-hybridized carbons (Fsp3) is 0.909. The average Bonchev–Trinajstić information content (AvgIpc) is 1.78. The third-order valence-corrected chi connectivity index (χ3v) is 1.39. The van der Waals surface area contributed by atoms with Gasteiger partial charge in [0.25, 0.3) is 0 Å². The van der Waals surface area contributed by atoms with Gasteiger partial charge >= 0.3 is 0 Å². The van der Waals surface area contributed by atoms with Gasteiger partial charge in [-0.3, -0.25) is 0 Å². The summed E-state index contributed by atoms with van der Waals surface area (Å²) in [5.41, 5.74) is 0.0318. The largest absolute Gasteiger partial charge is 0.230 e. The predicted octanol–water partition coefficient (Wildman–Crippen LogP) is 3.72. The van der Waals surface area contributed by atoms with Crippen LogP contribution in [0.4, 0.5) is 0 Å². The van der Waals surface area contributed by atoms with E-state index in [0.717, 1.165) is 12.5 Å². The summed E-state index contributed by atoms with van der Waals surface area (Å²) in [6, 6.07) is 0. The third-order valence-electron chi connectivity index (χ3n) is 1.39. The smallest absolute Gasteiger partial charge is 0.129 e. The van der Waals surface area contributed by atoms with E-state index >= 15 is 0 Å². The van der Waals surface area contributed by atoms with Gasteiger partial charge in [0.1, 0.15) is 6.10 Å². The SMILES string of the molecule is C[C](C)OOC(C)(C)CC(C)(C)C. The van der Waals surface area contributed by atoms with E-state index in [1.165, 1.54) is 0 Å². The van der Waals surface area contributed by atoms with E-state index < -0.39 is 0 Å². The van der Waals surface area contributed by atoms with Gasteiger partial charge in [-0.15, -0.1) is 0 Å². The van der Waals surface area contributed by atoms with Crippen molar-refractivity contribution in [2.24, 2.45) is 5.41 Å². The van der Waals surface area contributed by atoms with Gasteiger partial charge in [0.15, 0.2) is 0 Å². The van der Waals surface area contributed by atoms with Crippen molar-refractivity contribution in [2.45, 2.75) is 60.5 Å². The third kappa shape index (κ3) is 8.26. The molecule has 0 atom stereocenters. The Morgan fingerprint density at radius 2 is 1.46 bits per heavy atom. The average molecular weight is 187 g/mol. The van der Waals surface area contributed by atoms with Crippen molar-refractivity contribution >= 4 is 0 Å². The summed E-state index contributed by atoms with van der Waals surface area (Å²) in [6.07, 6.45) is 1.80. The number of rotatable bonds is 4. The second kappa shape index (κ2) is 4.43. The fourth-order valence-corrected chi connectivity index (χ4v) is 1.50. The normalized spacial score (nSPS) is 13.8. The van der Waals surface area contributed by atoms with Gasteiger partial charge < -0.3 is 0 Å². The lowest BCUT2D eigenvalue weighted by molar-refractivity contribution is -0.348. The highest BCUT2D eigenvalue weighted by atomic mass is 17.2. The van der Waals surface area contributed by atoms with Crippen LogP contribution in [0.15, 0.2) is 0 Å². The van der Waals surface area contributed by atoms with Crippen LogP contribution in [-0.4, -0.2) is 5.60 Å². The van der Waals surface area contributed by atoms with Crippen LogP contribution in [-0.2, 0) is 9.78 Å². The van der Waals surface area contributed by atoms with E-state index in [2.05, 4.69) is 20.8 Å². The first-order valence-electron chi connectivity index (χ1n) is 4.78. The molecule has 0 N–H and O–H groups in total. The maximum Gasteiger partial charge on any atom is 0.129 e. The minimum atomic E-state index is -0.227. The molecule has 0 aromatic carbocycles. The van der Waals surface area contributed by atoms with Gasteiger partial charge in [-0.2, -0.15) is 0 Å². The summed E-state index contributed by atoms with van der Waals surface area (Å²) < 4.78 is 0. The van der Waals surface area contributed by atoms with Crippen LogP contribution in [0.5, 0.6) is 0 Å². The van der Waals surface area contributed by atoms with E-state index in [1.807, 2.05) is 27.7 Å². The maximum absolute atomic E-state index is 5.33. The minimum absolute atomic E-state index is 0.227. The van der Waals surface area contributed by atoms with E-state index in [1.54, 1.807) is 0 Å². The summed E-state index contributed by atoms with van der Waals surface area (Å²) in [5.74, 6) is 0. The highest BCUT2D eigenvalue weighted by molar-refractivity contribution is 4.76. The second-order valence-corrected chi connectivity index (χ2v) is 5.57. The Kier molecular flexibility index (Phi) is 4.40. The van der Waals surface area contributed by atoms with Crippen molar-refractivity contribution in [1.82, 2.24) is 0 Å². The van der Waals surface area contributed by atoms with Gasteiger partial charge in [0, 0.05) is 0 Å². The summed E-state index contributed by atoms with van der Waals surface area (Å²) in [5, 5.41) is 0. The molecule has 79 valence electrons. The van der Waals surface area contributed by atoms with E-state index in [-0.39, 0.29) is 11.0 Å². The molecule has 0 aliphatic rings. The number of hydrogen-bond donors (Lipinski definition) is 0. The van der Waals surface area contributed by atoms with Gasteiger partial charge in [-0.1, -0.05) is 20.8 Å². The molecular formula is C11H23O2. The standard InChI is InChI=1S/C11H23O2/c1-9(2)12-13-11(6,7)8-10(3,4)5/h8H2,1-7H3. The summed E-state index contributed by atoms with van der Waals surface area (Å²) >= 11 is 0. The zero-order valence-corrected chi connectivity index (χ0v) is 10.0. The lowest BCUT2D eigenvalue weighted by Crippen LogP contribution is -2.30. The molecule has 0 saturated heterocycles. The summed E-state index contributed by atoms with van der Waals surface area (Å²) in [7, 11) is 0. The molecule has 0 aromatic rings. The van der Waals surface area contributed by atoms with Gasteiger partial charge in [0.05, 0.1) is 5.60 Å². The molecule has 1 radical (unpaired) electrons. The van der Waals surface area contributed by atoms with Crippen molar-refractivity contribution in [1.29, 1.82) is 0 Å². The Hall–Kier alpha value is -0.0800. The molecule has 0 fully saturated rings. The monoisotopic (exact) mass is 187 g/mol. The molecule has 0 unspecified atom stereocenters. The van der Waals surface area contributed by atoms with Crippen LogP contribution in [0.1, 0.15) is 54.9 Å². The van der Waals surface area contributed by atoms with E-state index in [0.29, 0.717) is 0 Å². The van der Waals surface area contributed by atoms with Crippen LogP contribution in [0, 0.1) is 11.5 Å². The molecule has 0 aliphatic carbocycles. The van der Waals surface area contributed by atoms with Crippen molar-refractivity contribution in [2.75, 3.05) is 0 Å². The Morgan fingerprint density at radius 1 is 1.00 bits per heavy atom. The van der Waals surface area contributed by atoms with E-state index in [4.69, 9.17) is 9.78 Å². The molecule has 13 heavy (non-hydrogen) atoms. The molecule has 0 spiro atoms. The molecule has 0 bridgehead atoms. The Morgan fingerprint density at radius 3 is 1.77 bits per heavy atom. The summed E-state index contributed by atoms with van der Waals surface area (Å²) in [4.78, 5) is 10.4. The van der Waals surface area contributed by atoms with Crippen molar-refractivity contribution in [3.05, 3.63) is 6.10 Å². The molecule has 0 aromatic heterocycles. The Labute approximate surface area is 82.5 Å². The fourth-order valence-electron chi connectivity index (χ4n) is 1.50. The maximum atomic E-state index is 5.33. The van der Waals surface area contributed by atoms with E-state index in [9.17, 15) is 0 Å². The number of hydrogen-bond acceptors (Lipinski definition) is 2. The molecule has 0 rings (SSSR count). The first-order valence-corrected chi connectivity index (χ1v) is 4.78. The Bertz CT molecular complexity index is 143. The first kappa shape index (κ1) is 12.9. The lowest BCUT2D eigenvalue weighted by Gasteiger charge is -2.31. The minimum Gasteiger partial charge on any atom is -0.230 e. The zero-order chi connectivity index (χ0) is 10.7.